The Labute approximate surface area is 155 Å². The maximum absolute atomic E-state index is 12.2. The van der Waals surface area contributed by atoms with Crippen molar-refractivity contribution in [1.29, 1.82) is 0 Å². The topological polar surface area (TPSA) is 81.9 Å². The SMILES string of the molecule is CCOC(=O)c1cnc(SC)nc1Nc1cc(-c2ccccc2)nn1C. The Bertz CT molecular complexity index is 911. The Morgan fingerprint density at radius 3 is 2.77 bits per heavy atom. The first-order valence-corrected chi connectivity index (χ1v) is 9.29. The molecule has 0 saturated heterocycles. The van der Waals surface area contributed by atoms with Gasteiger partial charge in [-0.3, -0.25) is 4.68 Å². The number of hydrogen-bond donors (Lipinski definition) is 1. The van der Waals surface area contributed by atoms with E-state index in [0.29, 0.717) is 16.8 Å². The highest BCUT2D eigenvalue weighted by molar-refractivity contribution is 7.98. The van der Waals surface area contributed by atoms with Crippen LogP contribution in [0.25, 0.3) is 11.3 Å². The Hall–Kier alpha value is -2.87. The molecular weight excluding hydrogens is 350 g/mol. The number of esters is 1. The van der Waals surface area contributed by atoms with Crippen LogP contribution in [-0.2, 0) is 11.8 Å². The van der Waals surface area contributed by atoms with E-state index in [9.17, 15) is 4.79 Å². The molecule has 8 heteroatoms. The highest BCUT2D eigenvalue weighted by Gasteiger charge is 2.18. The lowest BCUT2D eigenvalue weighted by molar-refractivity contribution is 0.0526. The van der Waals surface area contributed by atoms with E-state index >= 15 is 0 Å². The number of aryl methyl sites for hydroxylation is 1. The van der Waals surface area contributed by atoms with E-state index in [2.05, 4.69) is 20.4 Å². The standard InChI is InChI=1S/C18H19N5O2S/c1-4-25-17(24)13-11-19-18(26-3)21-16(13)20-15-10-14(22-23(15)2)12-8-6-5-7-9-12/h5-11H,4H2,1-3H3,(H,19,20,21). The summed E-state index contributed by atoms with van der Waals surface area (Å²) in [5, 5.41) is 8.26. The van der Waals surface area contributed by atoms with E-state index in [1.165, 1.54) is 18.0 Å². The van der Waals surface area contributed by atoms with Crippen molar-refractivity contribution in [2.75, 3.05) is 18.2 Å². The van der Waals surface area contributed by atoms with Gasteiger partial charge in [-0.15, -0.1) is 0 Å². The van der Waals surface area contributed by atoms with Gasteiger partial charge in [0.15, 0.2) is 11.0 Å². The number of ether oxygens (including phenoxy) is 1. The molecule has 0 radical (unpaired) electrons. The second-order valence-electron chi connectivity index (χ2n) is 5.37. The Balaban J connectivity index is 1.95. The zero-order valence-corrected chi connectivity index (χ0v) is 15.6. The fourth-order valence-electron chi connectivity index (χ4n) is 2.37. The van der Waals surface area contributed by atoms with Gasteiger partial charge in [-0.2, -0.15) is 5.10 Å². The van der Waals surface area contributed by atoms with Crippen LogP contribution in [0.4, 0.5) is 11.6 Å². The maximum atomic E-state index is 12.2. The van der Waals surface area contributed by atoms with E-state index in [4.69, 9.17) is 4.74 Å². The van der Waals surface area contributed by atoms with Crippen LogP contribution in [-0.4, -0.2) is 38.6 Å². The van der Waals surface area contributed by atoms with Crippen LogP contribution in [0.2, 0.25) is 0 Å². The van der Waals surface area contributed by atoms with E-state index in [-0.39, 0.29) is 12.2 Å². The Morgan fingerprint density at radius 1 is 1.31 bits per heavy atom. The minimum Gasteiger partial charge on any atom is -0.462 e. The summed E-state index contributed by atoms with van der Waals surface area (Å²) >= 11 is 1.40. The molecule has 0 unspecified atom stereocenters. The van der Waals surface area contributed by atoms with E-state index < -0.39 is 5.97 Å². The Morgan fingerprint density at radius 2 is 2.08 bits per heavy atom. The van der Waals surface area contributed by atoms with Gasteiger partial charge in [-0.1, -0.05) is 42.1 Å². The van der Waals surface area contributed by atoms with Gasteiger partial charge in [0.2, 0.25) is 0 Å². The summed E-state index contributed by atoms with van der Waals surface area (Å²) in [6.45, 7) is 2.04. The van der Waals surface area contributed by atoms with Crippen molar-refractivity contribution in [3.8, 4) is 11.3 Å². The lowest BCUT2D eigenvalue weighted by atomic mass is 10.1. The number of carbonyl (C=O) groups excluding carboxylic acids is 1. The molecule has 2 heterocycles. The smallest absolute Gasteiger partial charge is 0.343 e. The molecule has 134 valence electrons. The molecule has 0 aliphatic carbocycles. The first kappa shape index (κ1) is 17.9. The number of aromatic nitrogens is 4. The fraction of sp³-hybridized carbons (Fsp3) is 0.222. The van der Waals surface area contributed by atoms with Gasteiger partial charge >= 0.3 is 5.97 Å². The number of nitrogens with zero attached hydrogens (tertiary/aromatic N) is 4. The lowest BCUT2D eigenvalue weighted by Crippen LogP contribution is -2.11. The molecule has 0 spiro atoms. The second-order valence-corrected chi connectivity index (χ2v) is 6.14. The summed E-state index contributed by atoms with van der Waals surface area (Å²) in [6.07, 6.45) is 3.36. The van der Waals surface area contributed by atoms with Crippen LogP contribution < -0.4 is 5.32 Å². The average Bonchev–Trinajstić information content (AvgIpc) is 3.03. The average molecular weight is 369 g/mol. The number of thioether (sulfide) groups is 1. The zero-order chi connectivity index (χ0) is 18.5. The number of carbonyl (C=O) groups is 1. The third-order valence-electron chi connectivity index (χ3n) is 3.64. The number of benzene rings is 1. The molecular formula is C18H19N5O2S. The molecule has 3 rings (SSSR count). The lowest BCUT2D eigenvalue weighted by Gasteiger charge is -2.10. The summed E-state index contributed by atoms with van der Waals surface area (Å²) in [5.74, 6) is 0.638. The molecule has 0 fully saturated rings. The summed E-state index contributed by atoms with van der Waals surface area (Å²) < 4.78 is 6.80. The molecule has 2 aromatic heterocycles. The second kappa shape index (κ2) is 8.01. The van der Waals surface area contributed by atoms with Gasteiger partial charge in [0, 0.05) is 24.9 Å². The fourth-order valence-corrected chi connectivity index (χ4v) is 2.71. The van der Waals surface area contributed by atoms with Gasteiger partial charge in [-0.25, -0.2) is 14.8 Å². The Kier molecular flexibility index (Phi) is 5.52. The summed E-state index contributed by atoms with van der Waals surface area (Å²) in [4.78, 5) is 20.8. The van der Waals surface area contributed by atoms with Crippen molar-refractivity contribution in [2.24, 2.45) is 7.05 Å². The maximum Gasteiger partial charge on any atom is 0.343 e. The highest BCUT2D eigenvalue weighted by Crippen LogP contribution is 2.25. The van der Waals surface area contributed by atoms with Crippen LogP contribution in [0.5, 0.6) is 0 Å². The first-order chi connectivity index (χ1) is 12.6. The molecule has 0 aliphatic rings. The predicted molar refractivity (Wildman–Crippen MR) is 102 cm³/mol. The molecule has 26 heavy (non-hydrogen) atoms. The molecule has 1 N–H and O–H groups in total. The minimum atomic E-state index is -0.465. The van der Waals surface area contributed by atoms with Crippen molar-refractivity contribution >= 4 is 29.4 Å². The van der Waals surface area contributed by atoms with Gasteiger partial charge in [-0.05, 0) is 13.2 Å². The summed E-state index contributed by atoms with van der Waals surface area (Å²) in [5.41, 5.74) is 2.12. The van der Waals surface area contributed by atoms with Crippen molar-refractivity contribution in [3.05, 3.63) is 48.2 Å². The van der Waals surface area contributed by atoms with Crippen molar-refractivity contribution < 1.29 is 9.53 Å². The molecule has 0 atom stereocenters. The van der Waals surface area contributed by atoms with Crippen LogP contribution in [0.1, 0.15) is 17.3 Å². The van der Waals surface area contributed by atoms with Crippen LogP contribution in [0.3, 0.4) is 0 Å². The van der Waals surface area contributed by atoms with E-state index in [1.807, 2.05) is 49.7 Å². The van der Waals surface area contributed by atoms with E-state index in [0.717, 1.165) is 11.3 Å². The molecule has 0 amide bonds. The first-order valence-electron chi connectivity index (χ1n) is 8.07. The molecule has 7 nitrogen and oxygen atoms in total. The molecule has 0 aliphatic heterocycles. The molecule has 1 aromatic carbocycles. The largest absolute Gasteiger partial charge is 0.462 e. The normalized spacial score (nSPS) is 10.6. The third kappa shape index (κ3) is 3.85. The predicted octanol–water partition coefficient (Wildman–Crippen LogP) is 3.52. The number of anilines is 2. The van der Waals surface area contributed by atoms with Crippen LogP contribution >= 0.6 is 11.8 Å². The zero-order valence-electron chi connectivity index (χ0n) is 14.8. The monoisotopic (exact) mass is 369 g/mol. The van der Waals surface area contributed by atoms with E-state index in [1.54, 1.807) is 11.6 Å². The summed E-state index contributed by atoms with van der Waals surface area (Å²) in [6, 6.07) is 11.8. The minimum absolute atomic E-state index is 0.284. The third-order valence-corrected chi connectivity index (χ3v) is 4.20. The quantitative estimate of drug-likeness (QED) is 0.404. The van der Waals surface area contributed by atoms with Gasteiger partial charge in [0.25, 0.3) is 0 Å². The molecule has 0 bridgehead atoms. The van der Waals surface area contributed by atoms with Crippen LogP contribution in [0.15, 0.2) is 47.8 Å². The summed E-state index contributed by atoms with van der Waals surface area (Å²) in [7, 11) is 1.83. The van der Waals surface area contributed by atoms with Crippen molar-refractivity contribution in [3.63, 3.8) is 0 Å². The molecule has 3 aromatic rings. The number of nitrogens with one attached hydrogen (secondary N) is 1. The number of rotatable bonds is 6. The van der Waals surface area contributed by atoms with Gasteiger partial charge in [0.1, 0.15) is 11.4 Å². The van der Waals surface area contributed by atoms with Gasteiger partial charge < -0.3 is 10.1 Å². The van der Waals surface area contributed by atoms with Crippen molar-refractivity contribution in [2.45, 2.75) is 12.1 Å². The van der Waals surface area contributed by atoms with Crippen LogP contribution in [0, 0.1) is 0 Å². The number of hydrogen-bond acceptors (Lipinski definition) is 7. The van der Waals surface area contributed by atoms with Gasteiger partial charge in [0.05, 0.1) is 12.3 Å². The van der Waals surface area contributed by atoms with Crippen molar-refractivity contribution in [1.82, 2.24) is 19.7 Å². The highest BCUT2D eigenvalue weighted by atomic mass is 32.2. The molecule has 0 saturated carbocycles.